The molecule has 0 aliphatic carbocycles. The number of aryl methyl sites for hydroxylation is 1. The molecule has 0 spiro atoms. The van der Waals surface area contributed by atoms with Crippen LogP contribution in [0.4, 0.5) is 4.79 Å². The highest BCUT2D eigenvalue weighted by Crippen LogP contribution is 2.06. The fourth-order valence-electron chi connectivity index (χ4n) is 2.30. The molecular weight excluding hydrogens is 322 g/mol. The fourth-order valence-corrected chi connectivity index (χ4v) is 2.52. The van der Waals surface area contributed by atoms with Gasteiger partial charge in [0.25, 0.3) is 0 Å². The Labute approximate surface area is 147 Å². The lowest BCUT2D eigenvalue weighted by molar-refractivity contribution is -0.137. The Hall–Kier alpha value is -2.27. The first-order valence-electron chi connectivity index (χ1n) is 7.87. The minimum atomic E-state index is -0.719. The van der Waals surface area contributed by atoms with Gasteiger partial charge >= 0.3 is 12.1 Å². The van der Waals surface area contributed by atoms with E-state index in [-0.39, 0.29) is 12.5 Å². The number of thiol groups is 1. The fraction of sp³-hybridized carbons (Fsp3) is 0.263. The van der Waals surface area contributed by atoms with Crippen molar-refractivity contribution in [3.05, 3.63) is 71.8 Å². The first-order valence-corrected chi connectivity index (χ1v) is 8.50. The molecule has 0 aromatic heterocycles. The third-order valence-electron chi connectivity index (χ3n) is 3.53. The molecule has 24 heavy (non-hydrogen) atoms. The van der Waals surface area contributed by atoms with Crippen molar-refractivity contribution in [2.75, 3.05) is 5.75 Å². The summed E-state index contributed by atoms with van der Waals surface area (Å²) in [6.07, 6.45) is 0.634. The van der Waals surface area contributed by atoms with Crippen molar-refractivity contribution in [2.24, 2.45) is 0 Å². The Morgan fingerprint density at radius 2 is 1.54 bits per heavy atom. The van der Waals surface area contributed by atoms with E-state index in [4.69, 9.17) is 4.74 Å². The van der Waals surface area contributed by atoms with Crippen molar-refractivity contribution in [1.82, 2.24) is 5.32 Å². The molecule has 1 N–H and O–H groups in total. The molecule has 0 bridgehead atoms. The first kappa shape index (κ1) is 18.1. The lowest BCUT2D eigenvalue weighted by atomic mass is 10.1. The molecule has 2 aromatic rings. The van der Waals surface area contributed by atoms with Gasteiger partial charge in [-0.05, 0) is 24.0 Å². The van der Waals surface area contributed by atoms with Crippen LogP contribution in [-0.2, 0) is 22.4 Å². The molecule has 0 fully saturated rings. The van der Waals surface area contributed by atoms with Crippen molar-refractivity contribution in [3.63, 3.8) is 0 Å². The van der Waals surface area contributed by atoms with Gasteiger partial charge in [-0.2, -0.15) is 12.6 Å². The van der Waals surface area contributed by atoms with Crippen LogP contribution in [0.3, 0.4) is 0 Å². The summed E-state index contributed by atoms with van der Waals surface area (Å²) in [7, 11) is 0. The third-order valence-corrected chi connectivity index (χ3v) is 3.98. The van der Waals surface area contributed by atoms with Crippen LogP contribution in [-0.4, -0.2) is 23.9 Å². The molecule has 0 aliphatic rings. The minimum absolute atomic E-state index is 0.168. The van der Waals surface area contributed by atoms with Crippen LogP contribution in [0.25, 0.3) is 0 Å². The molecule has 1 amide bonds. The number of carbonyl (C=O) groups is 2. The van der Waals surface area contributed by atoms with Crippen LogP contribution in [0.15, 0.2) is 60.7 Å². The van der Waals surface area contributed by atoms with Gasteiger partial charge in [-0.15, -0.1) is 0 Å². The molecular formula is C19H21NO3S. The normalized spacial score (nSPS) is 11.5. The van der Waals surface area contributed by atoms with E-state index in [1.165, 1.54) is 0 Å². The molecule has 1 unspecified atom stereocenters. The molecule has 0 saturated heterocycles. The zero-order valence-electron chi connectivity index (χ0n) is 13.4. The van der Waals surface area contributed by atoms with E-state index in [1.54, 1.807) is 0 Å². The minimum Gasteiger partial charge on any atom is -0.376 e. The number of carbonyl (C=O) groups excluding carboxylic acids is 2. The average Bonchev–Trinajstić information content (AvgIpc) is 2.61. The third kappa shape index (κ3) is 6.46. The summed E-state index contributed by atoms with van der Waals surface area (Å²) in [5.41, 5.74) is 2.12. The van der Waals surface area contributed by atoms with Gasteiger partial charge < -0.3 is 10.1 Å². The second-order valence-electron chi connectivity index (χ2n) is 5.46. The smallest absolute Gasteiger partial charge is 0.376 e. The van der Waals surface area contributed by atoms with Crippen LogP contribution in [0.1, 0.15) is 17.5 Å². The predicted molar refractivity (Wildman–Crippen MR) is 97.2 cm³/mol. The van der Waals surface area contributed by atoms with Gasteiger partial charge in [0.05, 0.1) is 6.42 Å². The lowest BCUT2D eigenvalue weighted by Gasteiger charge is -2.16. The maximum atomic E-state index is 11.8. The molecule has 0 heterocycles. The topological polar surface area (TPSA) is 55.4 Å². The molecule has 2 aromatic carbocycles. The van der Waals surface area contributed by atoms with Crippen LogP contribution in [0.5, 0.6) is 0 Å². The quantitative estimate of drug-likeness (QED) is 0.460. The van der Waals surface area contributed by atoms with Crippen LogP contribution >= 0.6 is 12.6 Å². The van der Waals surface area contributed by atoms with Gasteiger partial charge in [-0.25, -0.2) is 4.79 Å². The van der Waals surface area contributed by atoms with E-state index in [0.29, 0.717) is 18.6 Å². The zero-order chi connectivity index (χ0) is 17.2. The Morgan fingerprint density at radius 3 is 2.12 bits per heavy atom. The molecule has 0 saturated carbocycles. The molecule has 126 valence electrons. The Bertz CT molecular complexity index is 646. The Kier molecular flexibility index (Phi) is 7.36. The van der Waals surface area contributed by atoms with Crippen molar-refractivity contribution < 1.29 is 14.3 Å². The summed E-state index contributed by atoms with van der Waals surface area (Å²) in [6.45, 7) is 0. The number of hydrogen-bond donors (Lipinski definition) is 2. The van der Waals surface area contributed by atoms with Gasteiger partial charge in [0.2, 0.25) is 0 Å². The number of ether oxygens (including phenoxy) is 1. The van der Waals surface area contributed by atoms with Crippen LogP contribution < -0.4 is 5.32 Å². The SMILES string of the molecule is O=C(CCc1ccccc1)OC(=O)NC(CS)Cc1ccccc1. The molecule has 0 radical (unpaired) electrons. The second-order valence-corrected chi connectivity index (χ2v) is 5.83. The lowest BCUT2D eigenvalue weighted by Crippen LogP contribution is -2.39. The largest absolute Gasteiger partial charge is 0.415 e. The molecule has 0 aliphatic heterocycles. The summed E-state index contributed by atoms with van der Waals surface area (Å²) in [5, 5.41) is 2.69. The molecule has 1 atom stereocenters. The van der Waals surface area contributed by atoms with Crippen LogP contribution in [0.2, 0.25) is 0 Å². The van der Waals surface area contributed by atoms with E-state index in [1.807, 2.05) is 60.7 Å². The monoisotopic (exact) mass is 343 g/mol. The van der Waals surface area contributed by atoms with Crippen LogP contribution in [0, 0.1) is 0 Å². The van der Waals surface area contributed by atoms with Crippen molar-refractivity contribution in [2.45, 2.75) is 25.3 Å². The van der Waals surface area contributed by atoms with E-state index < -0.39 is 12.1 Å². The number of rotatable bonds is 7. The standard InChI is InChI=1S/C19H21NO3S/c21-18(12-11-15-7-3-1-4-8-15)23-19(22)20-17(14-24)13-16-9-5-2-6-10-16/h1-10,17,24H,11-14H2,(H,20,22). The van der Waals surface area contributed by atoms with Gasteiger partial charge in [0.15, 0.2) is 0 Å². The van der Waals surface area contributed by atoms with Gasteiger partial charge in [-0.3, -0.25) is 4.79 Å². The number of alkyl carbamates (subject to hydrolysis) is 1. The number of nitrogens with one attached hydrogen (secondary N) is 1. The van der Waals surface area contributed by atoms with E-state index in [9.17, 15) is 9.59 Å². The van der Waals surface area contributed by atoms with E-state index >= 15 is 0 Å². The summed E-state index contributed by atoms with van der Waals surface area (Å²) in [5.74, 6) is -0.0728. The van der Waals surface area contributed by atoms with E-state index in [2.05, 4.69) is 17.9 Å². The summed E-state index contributed by atoms with van der Waals surface area (Å²) in [4.78, 5) is 23.6. The molecule has 4 nitrogen and oxygen atoms in total. The zero-order valence-corrected chi connectivity index (χ0v) is 14.2. The van der Waals surface area contributed by atoms with Gasteiger partial charge in [0.1, 0.15) is 0 Å². The number of esters is 1. The van der Waals surface area contributed by atoms with Crippen molar-refractivity contribution >= 4 is 24.7 Å². The predicted octanol–water partition coefficient (Wildman–Crippen LogP) is 3.41. The number of benzene rings is 2. The van der Waals surface area contributed by atoms with Crippen molar-refractivity contribution in [1.29, 1.82) is 0 Å². The summed E-state index contributed by atoms with van der Waals surface area (Å²) < 4.78 is 4.82. The Morgan fingerprint density at radius 1 is 0.958 bits per heavy atom. The maximum absolute atomic E-state index is 11.8. The second kappa shape index (κ2) is 9.78. The molecule has 2 rings (SSSR count). The highest BCUT2D eigenvalue weighted by Gasteiger charge is 2.15. The highest BCUT2D eigenvalue weighted by atomic mass is 32.1. The number of amides is 1. The highest BCUT2D eigenvalue weighted by molar-refractivity contribution is 7.80. The first-order chi connectivity index (χ1) is 11.7. The van der Waals surface area contributed by atoms with Gasteiger partial charge in [-0.1, -0.05) is 60.7 Å². The maximum Gasteiger partial charge on any atom is 0.415 e. The Balaban J connectivity index is 1.75. The van der Waals surface area contributed by atoms with E-state index in [0.717, 1.165) is 11.1 Å². The molecule has 5 heteroatoms. The van der Waals surface area contributed by atoms with Crippen molar-refractivity contribution in [3.8, 4) is 0 Å². The summed E-state index contributed by atoms with van der Waals surface area (Å²) in [6, 6.07) is 19.2. The number of hydrogen-bond acceptors (Lipinski definition) is 4. The van der Waals surface area contributed by atoms with Gasteiger partial charge in [0, 0.05) is 11.8 Å². The summed E-state index contributed by atoms with van der Waals surface area (Å²) >= 11 is 4.24. The average molecular weight is 343 g/mol.